The number of anilines is 2. The van der Waals surface area contributed by atoms with E-state index in [4.69, 9.17) is 11.6 Å². The summed E-state index contributed by atoms with van der Waals surface area (Å²) in [6.45, 7) is 0.587. The molecule has 0 spiro atoms. The van der Waals surface area contributed by atoms with Crippen LogP contribution in [0.5, 0.6) is 5.75 Å². The monoisotopic (exact) mass is 413 g/mol. The summed E-state index contributed by atoms with van der Waals surface area (Å²) in [6, 6.07) is 11.2. The first-order valence-corrected chi connectivity index (χ1v) is 8.57. The van der Waals surface area contributed by atoms with Crippen LogP contribution >= 0.6 is 11.6 Å². The van der Waals surface area contributed by atoms with Crippen LogP contribution in [0.3, 0.4) is 0 Å². The number of hydrogen-bond acceptors (Lipinski definition) is 3. The molecule has 0 unspecified atom stereocenters. The molecular formula is C18H15ClF3N3O3. The zero-order chi connectivity index (χ0) is 20.3. The van der Waals surface area contributed by atoms with Crippen LogP contribution in [0.15, 0.2) is 48.5 Å². The van der Waals surface area contributed by atoms with Crippen LogP contribution in [0, 0.1) is 0 Å². The molecule has 1 saturated heterocycles. The summed E-state index contributed by atoms with van der Waals surface area (Å²) >= 11 is 5.94. The molecule has 1 aliphatic heterocycles. The number of carbonyl (C=O) groups is 2. The lowest BCUT2D eigenvalue weighted by Gasteiger charge is -2.18. The predicted molar refractivity (Wildman–Crippen MR) is 97.5 cm³/mol. The van der Waals surface area contributed by atoms with Gasteiger partial charge in [-0.15, -0.1) is 13.2 Å². The van der Waals surface area contributed by atoms with Crippen molar-refractivity contribution < 1.29 is 27.5 Å². The molecule has 1 aliphatic rings. The average Bonchev–Trinajstić information content (AvgIpc) is 2.96. The van der Waals surface area contributed by atoms with Gasteiger partial charge in [-0.1, -0.05) is 17.7 Å². The van der Waals surface area contributed by atoms with Crippen LogP contribution in [0.4, 0.5) is 29.3 Å². The van der Waals surface area contributed by atoms with Crippen molar-refractivity contribution in [2.75, 3.05) is 29.9 Å². The van der Waals surface area contributed by atoms with Crippen molar-refractivity contribution >= 4 is 34.9 Å². The summed E-state index contributed by atoms with van der Waals surface area (Å²) in [7, 11) is 0. The Kier molecular flexibility index (Phi) is 5.64. The fraction of sp³-hybridized carbons (Fsp3) is 0.222. The fourth-order valence-corrected chi connectivity index (χ4v) is 2.91. The second-order valence-electron chi connectivity index (χ2n) is 5.96. The number of alkyl halides is 3. The smallest absolute Gasteiger partial charge is 0.406 e. The van der Waals surface area contributed by atoms with Crippen LogP contribution in [0.1, 0.15) is 0 Å². The highest BCUT2D eigenvalue weighted by Gasteiger charge is 2.32. The highest BCUT2D eigenvalue weighted by molar-refractivity contribution is 6.30. The van der Waals surface area contributed by atoms with Crippen LogP contribution in [0.2, 0.25) is 5.02 Å². The standard InChI is InChI=1S/C18H15ClF3N3O3/c19-12-2-1-3-14(10-12)25-9-8-24(17(25)27)11-16(26)23-13-4-6-15(7-5-13)28-18(20,21)22/h1-7,10H,8-9,11H2,(H,23,26). The molecule has 0 atom stereocenters. The number of hydrogen-bond donors (Lipinski definition) is 1. The minimum absolute atomic E-state index is 0.184. The lowest BCUT2D eigenvalue weighted by atomic mass is 10.3. The molecule has 0 radical (unpaired) electrons. The van der Waals surface area contributed by atoms with E-state index in [1.165, 1.54) is 21.9 Å². The number of amides is 3. The van der Waals surface area contributed by atoms with E-state index in [1.807, 2.05) is 0 Å². The van der Waals surface area contributed by atoms with Crippen molar-refractivity contribution in [3.63, 3.8) is 0 Å². The minimum Gasteiger partial charge on any atom is -0.406 e. The van der Waals surface area contributed by atoms with E-state index in [2.05, 4.69) is 10.1 Å². The molecule has 0 saturated carbocycles. The molecule has 2 aromatic carbocycles. The summed E-state index contributed by atoms with van der Waals surface area (Å²) in [4.78, 5) is 27.5. The minimum atomic E-state index is -4.78. The highest BCUT2D eigenvalue weighted by Crippen LogP contribution is 2.25. The van der Waals surface area contributed by atoms with Gasteiger partial charge >= 0.3 is 12.4 Å². The largest absolute Gasteiger partial charge is 0.573 e. The SMILES string of the molecule is O=C(CN1CCN(c2cccc(Cl)c2)C1=O)Nc1ccc(OC(F)(F)F)cc1. The number of nitrogens with zero attached hydrogens (tertiary/aromatic N) is 2. The quantitative estimate of drug-likeness (QED) is 0.802. The molecular weight excluding hydrogens is 399 g/mol. The maximum absolute atomic E-state index is 12.5. The summed E-state index contributed by atoms with van der Waals surface area (Å²) in [5.74, 6) is -0.858. The Morgan fingerprint density at radius 3 is 2.50 bits per heavy atom. The van der Waals surface area contributed by atoms with Crippen molar-refractivity contribution in [2.24, 2.45) is 0 Å². The zero-order valence-corrected chi connectivity index (χ0v) is 15.1. The lowest BCUT2D eigenvalue weighted by molar-refractivity contribution is -0.274. The Morgan fingerprint density at radius 1 is 1.14 bits per heavy atom. The number of nitrogens with one attached hydrogen (secondary N) is 1. The molecule has 6 nitrogen and oxygen atoms in total. The highest BCUT2D eigenvalue weighted by atomic mass is 35.5. The molecule has 3 rings (SSSR count). The van der Waals surface area contributed by atoms with Gasteiger partial charge in [0.05, 0.1) is 0 Å². The van der Waals surface area contributed by atoms with E-state index in [-0.39, 0.29) is 18.3 Å². The molecule has 0 bridgehead atoms. The van der Waals surface area contributed by atoms with Crippen LogP contribution < -0.4 is 15.0 Å². The predicted octanol–water partition coefficient (Wildman–Crippen LogP) is 4.12. The van der Waals surface area contributed by atoms with Gasteiger partial charge in [0, 0.05) is 29.5 Å². The van der Waals surface area contributed by atoms with E-state index >= 15 is 0 Å². The molecule has 0 aromatic heterocycles. The second kappa shape index (κ2) is 7.97. The molecule has 0 aliphatic carbocycles. The van der Waals surface area contributed by atoms with Gasteiger partial charge < -0.3 is 15.0 Å². The first-order valence-electron chi connectivity index (χ1n) is 8.19. The van der Waals surface area contributed by atoms with E-state index in [1.54, 1.807) is 24.3 Å². The maximum atomic E-state index is 12.5. The number of benzene rings is 2. The number of halogens is 4. The summed E-state index contributed by atoms with van der Waals surface area (Å²) in [5.41, 5.74) is 0.929. The zero-order valence-electron chi connectivity index (χ0n) is 14.4. The van der Waals surface area contributed by atoms with Gasteiger partial charge in [0.1, 0.15) is 12.3 Å². The number of ether oxygens (including phenoxy) is 1. The Hall–Kier alpha value is -2.94. The van der Waals surface area contributed by atoms with Crippen molar-refractivity contribution in [1.29, 1.82) is 0 Å². The van der Waals surface area contributed by atoms with Crippen molar-refractivity contribution in [1.82, 2.24) is 4.90 Å². The molecule has 1 fully saturated rings. The fourth-order valence-electron chi connectivity index (χ4n) is 2.73. The maximum Gasteiger partial charge on any atom is 0.573 e. The molecule has 1 N–H and O–H groups in total. The van der Waals surface area contributed by atoms with Gasteiger partial charge in [0.25, 0.3) is 0 Å². The molecule has 10 heteroatoms. The lowest BCUT2D eigenvalue weighted by Crippen LogP contribution is -2.37. The van der Waals surface area contributed by atoms with Gasteiger partial charge in [-0.05, 0) is 42.5 Å². The van der Waals surface area contributed by atoms with Crippen molar-refractivity contribution in [2.45, 2.75) is 6.36 Å². The third-order valence-corrected chi connectivity index (χ3v) is 4.16. The molecule has 1 heterocycles. The Balaban J connectivity index is 1.56. The van der Waals surface area contributed by atoms with E-state index in [9.17, 15) is 22.8 Å². The van der Waals surface area contributed by atoms with Gasteiger partial charge in [0.2, 0.25) is 5.91 Å². The third kappa shape index (κ3) is 5.07. The Bertz CT molecular complexity index is 874. The molecule has 28 heavy (non-hydrogen) atoms. The van der Waals surface area contributed by atoms with Gasteiger partial charge in [0.15, 0.2) is 0 Å². The second-order valence-corrected chi connectivity index (χ2v) is 6.39. The molecule has 3 amide bonds. The average molecular weight is 414 g/mol. The van der Waals surface area contributed by atoms with Gasteiger partial charge in [-0.2, -0.15) is 0 Å². The van der Waals surface area contributed by atoms with Crippen LogP contribution in [0.25, 0.3) is 0 Å². The van der Waals surface area contributed by atoms with Gasteiger partial charge in [-0.25, -0.2) is 4.79 Å². The summed E-state index contributed by atoms with van der Waals surface area (Å²) < 4.78 is 40.2. The number of rotatable bonds is 5. The number of urea groups is 1. The third-order valence-electron chi connectivity index (χ3n) is 3.92. The number of carbonyl (C=O) groups excluding carboxylic acids is 2. The summed E-state index contributed by atoms with van der Waals surface area (Å²) in [5, 5.41) is 3.03. The van der Waals surface area contributed by atoms with E-state index in [0.717, 1.165) is 12.1 Å². The Labute approximate surface area is 163 Å². The van der Waals surface area contributed by atoms with Crippen LogP contribution in [-0.2, 0) is 4.79 Å². The summed E-state index contributed by atoms with van der Waals surface area (Å²) in [6.07, 6.45) is -4.78. The molecule has 2 aromatic rings. The molecule has 148 valence electrons. The van der Waals surface area contributed by atoms with Gasteiger partial charge in [-0.3, -0.25) is 9.69 Å². The first kappa shape index (κ1) is 19.8. The Morgan fingerprint density at radius 2 is 1.86 bits per heavy atom. The first-order chi connectivity index (χ1) is 13.2. The van der Waals surface area contributed by atoms with Crippen molar-refractivity contribution in [3.05, 3.63) is 53.6 Å². The van der Waals surface area contributed by atoms with Crippen molar-refractivity contribution in [3.8, 4) is 5.75 Å². The van der Waals surface area contributed by atoms with E-state index in [0.29, 0.717) is 23.8 Å². The topological polar surface area (TPSA) is 61.9 Å². The van der Waals surface area contributed by atoms with Crippen LogP contribution in [-0.4, -0.2) is 42.8 Å². The normalized spacial score (nSPS) is 14.4. The van der Waals surface area contributed by atoms with E-state index < -0.39 is 18.0 Å².